The Balaban J connectivity index is 1.62. The molecule has 6 nitrogen and oxygen atoms in total. The first-order valence-electron chi connectivity index (χ1n) is 9.16. The maximum atomic E-state index is 12.5. The summed E-state index contributed by atoms with van der Waals surface area (Å²) in [6.07, 6.45) is 1.96. The number of carbonyl (C=O) groups is 1. The van der Waals surface area contributed by atoms with Gasteiger partial charge in [-0.05, 0) is 48.7 Å². The van der Waals surface area contributed by atoms with Gasteiger partial charge in [0, 0.05) is 6.07 Å². The molecule has 1 atom stereocenters. The minimum absolute atomic E-state index is 0.271. The van der Waals surface area contributed by atoms with E-state index in [9.17, 15) is 4.79 Å². The molecular weight excluding hydrogens is 352 g/mol. The number of hydrogen-bond acceptors (Lipinski definition) is 4. The first-order chi connectivity index (χ1) is 13.6. The molecule has 6 heteroatoms. The minimum Gasteiger partial charge on any atom is -0.481 e. The second-order valence-electron chi connectivity index (χ2n) is 6.43. The number of nitrogens with one attached hydrogen (secondary N) is 1. The molecule has 28 heavy (non-hydrogen) atoms. The van der Waals surface area contributed by atoms with Gasteiger partial charge in [-0.3, -0.25) is 4.79 Å². The monoisotopic (exact) mass is 374 g/mol. The number of ether oxygens (including phenoxy) is 1. The summed E-state index contributed by atoms with van der Waals surface area (Å²) in [5.41, 5.74) is 2.94. The Kier molecular flexibility index (Phi) is 6.07. The third-order valence-corrected chi connectivity index (χ3v) is 4.40. The van der Waals surface area contributed by atoms with Gasteiger partial charge in [0.05, 0.1) is 24.4 Å². The summed E-state index contributed by atoms with van der Waals surface area (Å²) >= 11 is 0. The van der Waals surface area contributed by atoms with E-state index in [0.717, 1.165) is 12.0 Å². The molecule has 142 valence electrons. The zero-order valence-corrected chi connectivity index (χ0v) is 15.9. The number of benzene rings is 2. The van der Waals surface area contributed by atoms with E-state index in [-0.39, 0.29) is 5.91 Å². The molecule has 1 heterocycles. The number of amides is 1. The van der Waals surface area contributed by atoms with Gasteiger partial charge in [-0.15, -0.1) is 0 Å². The maximum absolute atomic E-state index is 12.5. The van der Waals surface area contributed by atoms with Gasteiger partial charge < -0.3 is 10.1 Å². The Bertz CT molecular complexity index is 969. The van der Waals surface area contributed by atoms with Crippen molar-refractivity contribution in [3.05, 3.63) is 77.5 Å². The lowest BCUT2D eigenvalue weighted by atomic mass is 10.1. The van der Waals surface area contributed by atoms with Crippen LogP contribution in [0.1, 0.15) is 30.5 Å². The first kappa shape index (κ1) is 19.2. The molecule has 0 aliphatic rings. The van der Waals surface area contributed by atoms with E-state index >= 15 is 0 Å². The third kappa shape index (κ3) is 4.77. The van der Waals surface area contributed by atoms with Crippen LogP contribution in [0.5, 0.6) is 5.75 Å². The summed E-state index contributed by atoms with van der Waals surface area (Å²) < 4.78 is 7.40. The average Bonchev–Trinajstić information content (AvgIpc) is 3.15. The molecule has 3 rings (SSSR count). The Morgan fingerprint density at radius 3 is 2.46 bits per heavy atom. The minimum atomic E-state index is -0.694. The second kappa shape index (κ2) is 8.87. The fourth-order valence-electron chi connectivity index (χ4n) is 2.71. The number of aromatic nitrogens is 2. The lowest BCUT2D eigenvalue weighted by Crippen LogP contribution is -2.31. The summed E-state index contributed by atoms with van der Waals surface area (Å²) in [6, 6.07) is 18.8. The van der Waals surface area contributed by atoms with Gasteiger partial charge in [-0.2, -0.15) is 10.4 Å². The van der Waals surface area contributed by atoms with Gasteiger partial charge in [-0.1, -0.05) is 31.2 Å². The summed E-state index contributed by atoms with van der Waals surface area (Å²) in [4.78, 5) is 12.5. The molecule has 0 spiro atoms. The topological polar surface area (TPSA) is 79.9 Å². The molecule has 1 unspecified atom stereocenters. The highest BCUT2D eigenvalue weighted by molar-refractivity contribution is 5.93. The first-order valence-corrected chi connectivity index (χ1v) is 9.16. The van der Waals surface area contributed by atoms with Crippen molar-refractivity contribution in [3.8, 4) is 11.8 Å². The summed E-state index contributed by atoms with van der Waals surface area (Å²) in [7, 11) is 0. The summed E-state index contributed by atoms with van der Waals surface area (Å²) in [6.45, 7) is 4.37. The molecule has 1 aromatic heterocycles. The normalized spacial score (nSPS) is 11.5. The van der Waals surface area contributed by atoms with E-state index in [0.29, 0.717) is 23.7 Å². The second-order valence-corrected chi connectivity index (χ2v) is 6.43. The molecule has 0 radical (unpaired) electrons. The Morgan fingerprint density at radius 1 is 1.14 bits per heavy atom. The van der Waals surface area contributed by atoms with Crippen molar-refractivity contribution >= 4 is 11.7 Å². The highest BCUT2D eigenvalue weighted by atomic mass is 16.5. The highest BCUT2D eigenvalue weighted by Gasteiger charge is 2.17. The molecule has 0 bridgehead atoms. The van der Waals surface area contributed by atoms with Crippen LogP contribution in [0.25, 0.3) is 0 Å². The molecule has 0 aliphatic carbocycles. The van der Waals surface area contributed by atoms with Crippen LogP contribution in [-0.2, 0) is 17.8 Å². The van der Waals surface area contributed by atoms with E-state index < -0.39 is 6.10 Å². The van der Waals surface area contributed by atoms with E-state index in [1.54, 1.807) is 48.1 Å². The Labute approximate surface area is 164 Å². The molecule has 0 saturated carbocycles. The third-order valence-electron chi connectivity index (χ3n) is 4.40. The van der Waals surface area contributed by atoms with Crippen LogP contribution in [0.4, 0.5) is 5.82 Å². The average molecular weight is 374 g/mol. The van der Waals surface area contributed by atoms with E-state index in [1.165, 1.54) is 5.56 Å². The predicted octanol–water partition coefficient (Wildman–Crippen LogP) is 3.77. The standard InChI is InChI=1S/C22H22N4O2/c1-3-17-4-6-19(7-5-17)15-26-21(12-13-24-26)25-22(27)16(2)28-20-10-8-18(14-23)9-11-20/h4-13,16H,3,15H2,1-2H3,(H,25,27). The van der Waals surface area contributed by atoms with Crippen LogP contribution in [0, 0.1) is 11.3 Å². The summed E-state index contributed by atoms with van der Waals surface area (Å²) in [5, 5.41) is 16.0. The highest BCUT2D eigenvalue weighted by Crippen LogP contribution is 2.15. The maximum Gasteiger partial charge on any atom is 0.266 e. The smallest absolute Gasteiger partial charge is 0.266 e. The van der Waals surface area contributed by atoms with Crippen LogP contribution in [0.15, 0.2) is 60.8 Å². The van der Waals surface area contributed by atoms with E-state index in [4.69, 9.17) is 10.00 Å². The van der Waals surface area contributed by atoms with Crippen molar-refractivity contribution in [2.24, 2.45) is 0 Å². The number of nitrogens with zero attached hydrogens (tertiary/aromatic N) is 3. The lowest BCUT2D eigenvalue weighted by Gasteiger charge is -2.15. The molecule has 1 amide bonds. The van der Waals surface area contributed by atoms with Crippen molar-refractivity contribution in [3.63, 3.8) is 0 Å². The zero-order valence-electron chi connectivity index (χ0n) is 15.9. The molecule has 0 aliphatic heterocycles. The van der Waals surface area contributed by atoms with Gasteiger partial charge in [0.15, 0.2) is 6.10 Å². The van der Waals surface area contributed by atoms with Crippen LogP contribution in [0.3, 0.4) is 0 Å². The van der Waals surface area contributed by atoms with Crippen molar-refractivity contribution in [1.82, 2.24) is 9.78 Å². The van der Waals surface area contributed by atoms with Crippen molar-refractivity contribution < 1.29 is 9.53 Å². The van der Waals surface area contributed by atoms with Crippen LogP contribution in [-0.4, -0.2) is 21.8 Å². The quantitative estimate of drug-likeness (QED) is 0.683. The number of anilines is 1. The largest absolute Gasteiger partial charge is 0.481 e. The Morgan fingerprint density at radius 2 is 1.82 bits per heavy atom. The number of rotatable bonds is 7. The predicted molar refractivity (Wildman–Crippen MR) is 107 cm³/mol. The van der Waals surface area contributed by atoms with Gasteiger partial charge in [-0.25, -0.2) is 4.68 Å². The Hall–Kier alpha value is -3.59. The van der Waals surface area contributed by atoms with Crippen molar-refractivity contribution in [2.75, 3.05) is 5.32 Å². The van der Waals surface area contributed by atoms with Gasteiger partial charge in [0.2, 0.25) is 0 Å². The van der Waals surface area contributed by atoms with Crippen LogP contribution in [0.2, 0.25) is 0 Å². The zero-order chi connectivity index (χ0) is 19.9. The van der Waals surface area contributed by atoms with E-state index in [1.807, 2.05) is 6.07 Å². The number of aryl methyl sites for hydroxylation is 1. The van der Waals surface area contributed by atoms with E-state index in [2.05, 4.69) is 41.6 Å². The number of hydrogen-bond donors (Lipinski definition) is 1. The van der Waals surface area contributed by atoms with Gasteiger partial charge >= 0.3 is 0 Å². The fraction of sp³-hybridized carbons (Fsp3) is 0.227. The molecular formula is C22H22N4O2. The molecule has 1 N–H and O–H groups in total. The number of nitriles is 1. The SMILES string of the molecule is CCc1ccc(Cn2nccc2NC(=O)C(C)Oc2ccc(C#N)cc2)cc1. The number of carbonyl (C=O) groups excluding carboxylic acids is 1. The lowest BCUT2D eigenvalue weighted by molar-refractivity contribution is -0.122. The summed E-state index contributed by atoms with van der Waals surface area (Å²) in [5.74, 6) is 0.874. The van der Waals surface area contributed by atoms with Crippen LogP contribution < -0.4 is 10.1 Å². The van der Waals surface area contributed by atoms with Crippen molar-refractivity contribution in [1.29, 1.82) is 5.26 Å². The van der Waals surface area contributed by atoms with Gasteiger partial charge in [0.25, 0.3) is 5.91 Å². The molecule has 2 aromatic carbocycles. The van der Waals surface area contributed by atoms with Gasteiger partial charge in [0.1, 0.15) is 11.6 Å². The molecule has 0 saturated heterocycles. The fourth-order valence-corrected chi connectivity index (χ4v) is 2.71. The molecule has 3 aromatic rings. The molecule has 0 fully saturated rings. The van der Waals surface area contributed by atoms with Crippen molar-refractivity contribution in [2.45, 2.75) is 32.9 Å². The van der Waals surface area contributed by atoms with Crippen LogP contribution >= 0.6 is 0 Å².